The van der Waals surface area contributed by atoms with Crippen molar-refractivity contribution in [3.63, 3.8) is 0 Å². The molecular weight excluding hydrogens is 266 g/mol. The highest BCUT2D eigenvalue weighted by molar-refractivity contribution is 5.40. The molecule has 120 valence electrons. The molecule has 1 N–H and O–H groups in total. The smallest absolute Gasteiger partial charge is 0.129 e. The van der Waals surface area contributed by atoms with Crippen LogP contribution in [0.2, 0.25) is 0 Å². The summed E-state index contributed by atoms with van der Waals surface area (Å²) in [6, 6.07) is 6.42. The number of hydrogen-bond donors (Lipinski definition) is 1. The van der Waals surface area contributed by atoms with Crippen molar-refractivity contribution < 1.29 is 9.47 Å². The molecule has 0 bridgehead atoms. The van der Waals surface area contributed by atoms with E-state index in [1.54, 1.807) is 14.2 Å². The van der Waals surface area contributed by atoms with Gasteiger partial charge in [0, 0.05) is 27.3 Å². The van der Waals surface area contributed by atoms with Crippen LogP contribution in [-0.4, -0.2) is 51.5 Å². The monoisotopic (exact) mass is 295 g/mol. The van der Waals surface area contributed by atoms with Gasteiger partial charge in [-0.3, -0.25) is 0 Å². The van der Waals surface area contributed by atoms with Gasteiger partial charge in [-0.2, -0.15) is 0 Å². The summed E-state index contributed by atoms with van der Waals surface area (Å²) in [5, 5.41) is 3.38. The van der Waals surface area contributed by atoms with E-state index in [4.69, 9.17) is 14.5 Å². The molecule has 1 unspecified atom stereocenters. The molecule has 0 aliphatic heterocycles. The van der Waals surface area contributed by atoms with Gasteiger partial charge in [-0.1, -0.05) is 13.0 Å². The van der Waals surface area contributed by atoms with Gasteiger partial charge in [-0.05, 0) is 32.0 Å². The minimum absolute atomic E-state index is 0.261. The molecule has 21 heavy (non-hydrogen) atoms. The summed E-state index contributed by atoms with van der Waals surface area (Å²) in [5.41, 5.74) is 1.06. The fourth-order valence-corrected chi connectivity index (χ4v) is 2.20. The summed E-state index contributed by atoms with van der Waals surface area (Å²) in [6.07, 6.45) is 1.13. The third kappa shape index (κ3) is 6.42. The van der Waals surface area contributed by atoms with Crippen LogP contribution in [0.15, 0.2) is 18.2 Å². The molecule has 1 heterocycles. The van der Waals surface area contributed by atoms with E-state index >= 15 is 0 Å². The maximum Gasteiger partial charge on any atom is 0.129 e. The molecule has 1 atom stereocenters. The summed E-state index contributed by atoms with van der Waals surface area (Å²) < 4.78 is 10.5. The zero-order chi connectivity index (χ0) is 15.5. The highest BCUT2D eigenvalue weighted by Crippen LogP contribution is 2.15. The SMILES string of the molecule is CCCNCc1cccc(N(CCOC)C(C)COC)n1. The van der Waals surface area contributed by atoms with E-state index < -0.39 is 0 Å². The van der Waals surface area contributed by atoms with Gasteiger partial charge in [0.1, 0.15) is 5.82 Å². The van der Waals surface area contributed by atoms with Crippen LogP contribution in [-0.2, 0) is 16.0 Å². The van der Waals surface area contributed by atoms with Crippen molar-refractivity contribution in [1.82, 2.24) is 10.3 Å². The summed E-state index contributed by atoms with van der Waals surface area (Å²) in [4.78, 5) is 6.99. The topological polar surface area (TPSA) is 46.6 Å². The Kier molecular flexibility index (Phi) is 8.98. The molecule has 1 aromatic rings. The van der Waals surface area contributed by atoms with Crippen LogP contribution in [0.1, 0.15) is 26.0 Å². The zero-order valence-electron chi connectivity index (χ0n) is 13.8. The van der Waals surface area contributed by atoms with E-state index in [0.29, 0.717) is 13.2 Å². The highest BCUT2D eigenvalue weighted by atomic mass is 16.5. The third-order valence-electron chi connectivity index (χ3n) is 3.30. The van der Waals surface area contributed by atoms with Gasteiger partial charge in [0.05, 0.1) is 24.9 Å². The molecule has 0 aliphatic rings. The first-order chi connectivity index (χ1) is 10.2. The van der Waals surface area contributed by atoms with Crippen molar-refractivity contribution in [1.29, 1.82) is 0 Å². The fraction of sp³-hybridized carbons (Fsp3) is 0.688. The van der Waals surface area contributed by atoms with Crippen LogP contribution >= 0.6 is 0 Å². The van der Waals surface area contributed by atoms with Crippen LogP contribution in [0.4, 0.5) is 5.82 Å². The van der Waals surface area contributed by atoms with E-state index in [9.17, 15) is 0 Å². The molecule has 5 heteroatoms. The highest BCUT2D eigenvalue weighted by Gasteiger charge is 2.15. The lowest BCUT2D eigenvalue weighted by Crippen LogP contribution is -2.39. The van der Waals surface area contributed by atoms with Gasteiger partial charge in [0.15, 0.2) is 0 Å². The summed E-state index contributed by atoms with van der Waals surface area (Å²) in [6.45, 7) is 8.27. The van der Waals surface area contributed by atoms with E-state index in [-0.39, 0.29) is 6.04 Å². The Hall–Kier alpha value is -1.17. The summed E-state index contributed by atoms with van der Waals surface area (Å²) in [7, 11) is 3.45. The van der Waals surface area contributed by atoms with Crippen molar-refractivity contribution in [2.45, 2.75) is 32.9 Å². The maximum absolute atomic E-state index is 5.27. The predicted octanol–water partition coefficient (Wildman–Crippen LogP) is 2.07. The van der Waals surface area contributed by atoms with E-state index in [1.807, 2.05) is 6.07 Å². The van der Waals surface area contributed by atoms with Gasteiger partial charge in [0.2, 0.25) is 0 Å². The number of ether oxygens (including phenoxy) is 2. The Balaban J connectivity index is 2.77. The van der Waals surface area contributed by atoms with Gasteiger partial charge in [-0.25, -0.2) is 4.98 Å². The lowest BCUT2D eigenvalue weighted by molar-refractivity contribution is 0.170. The quantitative estimate of drug-likeness (QED) is 0.633. The van der Waals surface area contributed by atoms with Crippen molar-refractivity contribution in [3.05, 3.63) is 23.9 Å². The first-order valence-corrected chi connectivity index (χ1v) is 7.64. The lowest BCUT2D eigenvalue weighted by Gasteiger charge is -2.30. The number of aromatic nitrogens is 1. The summed E-state index contributed by atoms with van der Waals surface area (Å²) >= 11 is 0. The average molecular weight is 295 g/mol. The molecule has 0 saturated carbocycles. The van der Waals surface area contributed by atoms with E-state index in [2.05, 4.69) is 36.2 Å². The van der Waals surface area contributed by atoms with Crippen LogP contribution in [0.3, 0.4) is 0 Å². The number of methoxy groups -OCH3 is 2. The van der Waals surface area contributed by atoms with Crippen LogP contribution in [0.5, 0.6) is 0 Å². The molecule has 0 aliphatic carbocycles. The van der Waals surface area contributed by atoms with Crippen molar-refractivity contribution in [3.8, 4) is 0 Å². The minimum atomic E-state index is 0.261. The molecule has 0 fully saturated rings. The number of nitrogens with zero attached hydrogens (tertiary/aromatic N) is 2. The first kappa shape index (κ1) is 17.9. The van der Waals surface area contributed by atoms with Gasteiger partial charge >= 0.3 is 0 Å². The van der Waals surface area contributed by atoms with Crippen LogP contribution in [0, 0.1) is 0 Å². The first-order valence-electron chi connectivity index (χ1n) is 7.64. The Morgan fingerprint density at radius 2 is 2.10 bits per heavy atom. The minimum Gasteiger partial charge on any atom is -0.383 e. The van der Waals surface area contributed by atoms with Gasteiger partial charge in [0.25, 0.3) is 0 Å². The predicted molar refractivity (Wildman–Crippen MR) is 86.8 cm³/mol. The largest absolute Gasteiger partial charge is 0.383 e. The van der Waals surface area contributed by atoms with Crippen LogP contribution in [0.25, 0.3) is 0 Å². The third-order valence-corrected chi connectivity index (χ3v) is 3.30. The molecular formula is C16H29N3O2. The number of anilines is 1. The Morgan fingerprint density at radius 3 is 2.76 bits per heavy atom. The zero-order valence-corrected chi connectivity index (χ0v) is 13.8. The normalized spacial score (nSPS) is 12.4. The molecule has 5 nitrogen and oxygen atoms in total. The Bertz CT molecular complexity index is 388. The molecule has 0 aromatic carbocycles. The standard InChI is InChI=1S/C16H29N3O2/c1-5-9-17-12-15-7-6-8-16(18-15)19(10-11-20-3)14(2)13-21-4/h6-8,14,17H,5,9-13H2,1-4H3. The number of rotatable bonds is 11. The molecule has 0 saturated heterocycles. The second kappa shape index (κ2) is 10.5. The Morgan fingerprint density at radius 1 is 1.29 bits per heavy atom. The second-order valence-electron chi connectivity index (χ2n) is 5.15. The Labute approximate surface area is 128 Å². The molecule has 1 aromatic heterocycles. The lowest BCUT2D eigenvalue weighted by atomic mass is 10.2. The summed E-state index contributed by atoms with van der Waals surface area (Å²) in [5.74, 6) is 0.979. The fourth-order valence-electron chi connectivity index (χ4n) is 2.20. The van der Waals surface area contributed by atoms with Gasteiger partial charge < -0.3 is 19.7 Å². The van der Waals surface area contributed by atoms with Crippen LogP contribution < -0.4 is 10.2 Å². The average Bonchev–Trinajstić information content (AvgIpc) is 2.49. The van der Waals surface area contributed by atoms with E-state index in [1.165, 1.54) is 0 Å². The van der Waals surface area contributed by atoms with Crippen molar-refractivity contribution in [2.75, 3.05) is 45.4 Å². The van der Waals surface area contributed by atoms with Crippen molar-refractivity contribution in [2.24, 2.45) is 0 Å². The molecule has 0 radical (unpaired) electrons. The molecule has 1 rings (SSSR count). The van der Waals surface area contributed by atoms with Gasteiger partial charge in [-0.15, -0.1) is 0 Å². The molecule has 0 spiro atoms. The van der Waals surface area contributed by atoms with E-state index in [0.717, 1.165) is 37.6 Å². The second-order valence-corrected chi connectivity index (χ2v) is 5.15. The number of hydrogen-bond acceptors (Lipinski definition) is 5. The van der Waals surface area contributed by atoms with Crippen molar-refractivity contribution >= 4 is 5.82 Å². The number of pyridine rings is 1. The number of nitrogens with one attached hydrogen (secondary N) is 1. The molecule has 0 amide bonds. The maximum atomic E-state index is 5.27.